The van der Waals surface area contributed by atoms with Crippen LogP contribution in [-0.4, -0.2) is 0 Å². The summed E-state index contributed by atoms with van der Waals surface area (Å²) in [6, 6.07) is 2.36. The Morgan fingerprint density at radius 2 is 1.29 bits per heavy atom. The van der Waals surface area contributed by atoms with E-state index >= 15 is 0 Å². The lowest BCUT2D eigenvalue weighted by atomic mass is 10.0. The van der Waals surface area contributed by atoms with Crippen LogP contribution in [0.1, 0.15) is 16.7 Å². The highest BCUT2D eigenvalue weighted by molar-refractivity contribution is 5.39. The van der Waals surface area contributed by atoms with Gasteiger partial charge in [0.05, 0.1) is 23.6 Å². The summed E-state index contributed by atoms with van der Waals surface area (Å²) >= 11 is 0. The Bertz CT molecular complexity index is 419. The van der Waals surface area contributed by atoms with Crippen molar-refractivity contribution in [3.05, 3.63) is 41.3 Å². The summed E-state index contributed by atoms with van der Waals surface area (Å²) in [5, 5.41) is 8.24. The molecule has 0 fully saturated rings. The summed E-state index contributed by atoms with van der Waals surface area (Å²) in [5.41, 5.74) is -3.31. The molecule has 0 saturated heterocycles. The maximum Gasteiger partial charge on any atom is 0.416 e. The SMILES string of the molecule is N#C[CH]c1cc(C(F)(F)F)cc(C(F)(F)F)c1. The van der Waals surface area contributed by atoms with Crippen molar-refractivity contribution in [2.75, 3.05) is 0 Å². The zero-order valence-corrected chi connectivity index (χ0v) is 8.02. The average molecular weight is 252 g/mol. The first-order chi connectivity index (χ1) is 7.64. The Morgan fingerprint density at radius 3 is 1.59 bits per heavy atom. The largest absolute Gasteiger partial charge is 0.416 e. The fraction of sp³-hybridized carbons (Fsp3) is 0.200. The summed E-state index contributed by atoms with van der Waals surface area (Å²) in [6.45, 7) is 0. The molecule has 17 heavy (non-hydrogen) atoms. The lowest BCUT2D eigenvalue weighted by Gasteiger charge is -2.12. The smallest absolute Gasteiger partial charge is 0.198 e. The monoisotopic (exact) mass is 252 g/mol. The number of hydrogen-bond donors (Lipinski definition) is 0. The van der Waals surface area contributed by atoms with Crippen molar-refractivity contribution in [3.63, 3.8) is 0 Å². The molecule has 1 nitrogen and oxygen atoms in total. The van der Waals surface area contributed by atoms with Gasteiger partial charge in [0.1, 0.15) is 0 Å². The molecule has 0 aliphatic carbocycles. The van der Waals surface area contributed by atoms with Crippen molar-refractivity contribution in [2.24, 2.45) is 0 Å². The van der Waals surface area contributed by atoms with Gasteiger partial charge in [-0.25, -0.2) is 0 Å². The third kappa shape index (κ3) is 3.37. The summed E-state index contributed by atoms with van der Waals surface area (Å²) in [6.07, 6.45) is -9.16. The molecule has 0 saturated carbocycles. The van der Waals surface area contributed by atoms with Gasteiger partial charge in [0.15, 0.2) is 0 Å². The number of halogens is 6. The Kier molecular flexibility index (Phi) is 3.36. The van der Waals surface area contributed by atoms with Crippen LogP contribution in [0, 0.1) is 17.8 Å². The standard InChI is InChI=1S/C10H4F6N/c11-9(12,13)7-3-6(1-2-17)4-8(5-7)10(14,15)16/h1,3-5H. The van der Waals surface area contributed by atoms with Gasteiger partial charge in [0, 0.05) is 0 Å². The number of benzene rings is 1. The zero-order chi connectivity index (χ0) is 13.3. The number of hydrogen-bond acceptors (Lipinski definition) is 1. The number of nitrogens with zero attached hydrogens (tertiary/aromatic N) is 1. The molecule has 0 aliphatic rings. The first kappa shape index (κ1) is 13.4. The van der Waals surface area contributed by atoms with Crippen LogP contribution in [0.2, 0.25) is 0 Å². The highest BCUT2D eigenvalue weighted by Gasteiger charge is 2.36. The summed E-state index contributed by atoms with van der Waals surface area (Å²) in [7, 11) is 0. The van der Waals surface area contributed by atoms with Gasteiger partial charge in [-0.15, -0.1) is 0 Å². The van der Waals surface area contributed by atoms with E-state index in [0.717, 1.165) is 0 Å². The molecule has 1 aromatic carbocycles. The van der Waals surface area contributed by atoms with Crippen LogP contribution in [0.3, 0.4) is 0 Å². The van der Waals surface area contributed by atoms with Crippen molar-refractivity contribution in [3.8, 4) is 6.07 Å². The van der Waals surface area contributed by atoms with E-state index < -0.39 is 29.0 Å². The number of alkyl halides is 6. The molecule has 0 aromatic heterocycles. The highest BCUT2D eigenvalue weighted by atomic mass is 19.4. The second kappa shape index (κ2) is 4.28. The summed E-state index contributed by atoms with van der Waals surface area (Å²) in [5.74, 6) is 0. The lowest BCUT2D eigenvalue weighted by Crippen LogP contribution is -2.11. The minimum absolute atomic E-state index is 0.00865. The quantitative estimate of drug-likeness (QED) is 0.697. The molecule has 91 valence electrons. The molecule has 1 aromatic rings. The van der Waals surface area contributed by atoms with Gasteiger partial charge in [0.25, 0.3) is 0 Å². The minimum atomic E-state index is -4.89. The Hall–Kier alpha value is -1.71. The van der Waals surface area contributed by atoms with Crippen LogP contribution in [0.4, 0.5) is 26.3 Å². The molecule has 0 atom stereocenters. The Morgan fingerprint density at radius 1 is 0.882 bits per heavy atom. The molecule has 1 rings (SSSR count). The van der Waals surface area contributed by atoms with Gasteiger partial charge in [-0.3, -0.25) is 0 Å². The van der Waals surface area contributed by atoms with Gasteiger partial charge in [-0.05, 0) is 23.8 Å². The molecule has 1 radical (unpaired) electrons. The topological polar surface area (TPSA) is 23.8 Å². The summed E-state index contributed by atoms with van der Waals surface area (Å²) in [4.78, 5) is 0. The predicted octanol–water partition coefficient (Wildman–Crippen LogP) is 3.80. The number of rotatable bonds is 1. The molecule has 0 heterocycles. The maximum absolute atomic E-state index is 12.3. The summed E-state index contributed by atoms with van der Waals surface area (Å²) < 4.78 is 73.9. The van der Waals surface area contributed by atoms with E-state index in [1.165, 1.54) is 6.07 Å². The molecule has 0 aliphatic heterocycles. The molecule has 0 bridgehead atoms. The molecule has 7 heteroatoms. The van der Waals surface area contributed by atoms with E-state index in [2.05, 4.69) is 0 Å². The highest BCUT2D eigenvalue weighted by Crippen LogP contribution is 2.36. The van der Waals surface area contributed by atoms with Crippen molar-refractivity contribution in [2.45, 2.75) is 12.4 Å². The van der Waals surface area contributed by atoms with Crippen LogP contribution in [0.5, 0.6) is 0 Å². The van der Waals surface area contributed by atoms with Gasteiger partial charge < -0.3 is 0 Å². The van der Waals surface area contributed by atoms with Crippen LogP contribution >= 0.6 is 0 Å². The third-order valence-corrected chi connectivity index (χ3v) is 1.84. The average Bonchev–Trinajstić information content (AvgIpc) is 2.15. The van der Waals surface area contributed by atoms with E-state index in [-0.39, 0.29) is 6.07 Å². The molecular weight excluding hydrogens is 248 g/mol. The van der Waals surface area contributed by atoms with Crippen LogP contribution in [0.15, 0.2) is 18.2 Å². The molecule has 0 N–H and O–H groups in total. The first-order valence-electron chi connectivity index (χ1n) is 4.17. The van der Waals surface area contributed by atoms with Crippen LogP contribution in [0.25, 0.3) is 0 Å². The van der Waals surface area contributed by atoms with Gasteiger partial charge in [-0.2, -0.15) is 31.6 Å². The van der Waals surface area contributed by atoms with Gasteiger partial charge in [-0.1, -0.05) is 0 Å². The second-order valence-corrected chi connectivity index (χ2v) is 3.11. The number of nitriles is 1. The Balaban J connectivity index is 3.35. The molecule has 0 amide bonds. The maximum atomic E-state index is 12.3. The fourth-order valence-corrected chi connectivity index (χ4v) is 1.14. The van der Waals surface area contributed by atoms with E-state index in [4.69, 9.17) is 5.26 Å². The second-order valence-electron chi connectivity index (χ2n) is 3.11. The van der Waals surface area contributed by atoms with Crippen LogP contribution < -0.4 is 0 Å². The van der Waals surface area contributed by atoms with E-state index in [0.29, 0.717) is 18.6 Å². The molecule has 0 spiro atoms. The molecular formula is C10H4F6N. The van der Waals surface area contributed by atoms with E-state index in [9.17, 15) is 26.3 Å². The van der Waals surface area contributed by atoms with Gasteiger partial charge >= 0.3 is 12.4 Å². The normalized spacial score (nSPS) is 12.3. The fourth-order valence-electron chi connectivity index (χ4n) is 1.14. The first-order valence-corrected chi connectivity index (χ1v) is 4.17. The lowest BCUT2D eigenvalue weighted by molar-refractivity contribution is -0.143. The van der Waals surface area contributed by atoms with E-state index in [1.807, 2.05) is 0 Å². The van der Waals surface area contributed by atoms with Crippen molar-refractivity contribution >= 4 is 0 Å². The van der Waals surface area contributed by atoms with Crippen molar-refractivity contribution in [1.29, 1.82) is 5.26 Å². The van der Waals surface area contributed by atoms with Gasteiger partial charge in [0.2, 0.25) is 0 Å². The predicted molar refractivity (Wildman–Crippen MR) is 45.5 cm³/mol. The minimum Gasteiger partial charge on any atom is -0.198 e. The van der Waals surface area contributed by atoms with Crippen molar-refractivity contribution < 1.29 is 26.3 Å². The molecule has 0 unspecified atom stereocenters. The Labute approximate surface area is 92.3 Å². The van der Waals surface area contributed by atoms with Crippen LogP contribution in [-0.2, 0) is 12.4 Å². The third-order valence-electron chi connectivity index (χ3n) is 1.84. The van der Waals surface area contributed by atoms with Crippen molar-refractivity contribution in [1.82, 2.24) is 0 Å². The zero-order valence-electron chi connectivity index (χ0n) is 8.02. The van der Waals surface area contributed by atoms with E-state index in [1.54, 1.807) is 0 Å².